The molecule has 0 aromatic rings. The van der Waals surface area contributed by atoms with E-state index in [9.17, 15) is 0 Å². The lowest BCUT2D eigenvalue weighted by molar-refractivity contribution is 0.140. The second kappa shape index (κ2) is 6.75. The summed E-state index contributed by atoms with van der Waals surface area (Å²) in [6.07, 6.45) is 8.56. The van der Waals surface area contributed by atoms with Crippen molar-refractivity contribution in [2.24, 2.45) is 11.8 Å². The number of nitrogens with zero attached hydrogens (tertiary/aromatic N) is 1. The Morgan fingerprint density at radius 1 is 1.12 bits per heavy atom. The van der Waals surface area contributed by atoms with Crippen LogP contribution in [0.5, 0.6) is 0 Å². The maximum absolute atomic E-state index is 3.81. The maximum atomic E-state index is 3.81. The molecule has 0 aromatic carbocycles. The van der Waals surface area contributed by atoms with Gasteiger partial charge in [-0.05, 0) is 50.6 Å². The Morgan fingerprint density at radius 3 is 2.59 bits per heavy atom. The van der Waals surface area contributed by atoms with Crippen molar-refractivity contribution in [3.8, 4) is 0 Å². The Hall–Kier alpha value is -0.0800. The fourth-order valence-corrected chi connectivity index (χ4v) is 3.07. The molecular formula is C15H30N2. The minimum absolute atomic E-state index is 0.770. The minimum Gasteiger partial charge on any atom is -0.312 e. The Kier molecular flexibility index (Phi) is 5.30. The largest absolute Gasteiger partial charge is 0.312 e. The van der Waals surface area contributed by atoms with Crippen LogP contribution in [0.4, 0.5) is 0 Å². The second-order valence-corrected chi connectivity index (χ2v) is 6.14. The van der Waals surface area contributed by atoms with E-state index in [4.69, 9.17) is 0 Å². The van der Waals surface area contributed by atoms with Gasteiger partial charge in [0.15, 0.2) is 0 Å². The van der Waals surface area contributed by atoms with E-state index in [2.05, 4.69) is 24.1 Å². The number of hydrogen-bond acceptors (Lipinski definition) is 2. The van der Waals surface area contributed by atoms with Crippen LogP contribution in [0, 0.1) is 11.8 Å². The molecule has 0 radical (unpaired) electrons. The van der Waals surface area contributed by atoms with Gasteiger partial charge in [0.25, 0.3) is 0 Å². The molecule has 0 spiro atoms. The summed E-state index contributed by atoms with van der Waals surface area (Å²) < 4.78 is 0. The number of hydrogen-bond donors (Lipinski definition) is 1. The summed E-state index contributed by atoms with van der Waals surface area (Å²) in [5.74, 6) is 1.96. The average Bonchev–Trinajstić information content (AvgIpc) is 3.17. The van der Waals surface area contributed by atoms with Crippen molar-refractivity contribution in [3.63, 3.8) is 0 Å². The summed E-state index contributed by atoms with van der Waals surface area (Å²) in [5, 5.41) is 3.81. The molecule has 0 amide bonds. The van der Waals surface area contributed by atoms with E-state index in [-0.39, 0.29) is 0 Å². The summed E-state index contributed by atoms with van der Waals surface area (Å²) in [7, 11) is 0. The maximum Gasteiger partial charge on any atom is 0.0198 e. The summed E-state index contributed by atoms with van der Waals surface area (Å²) in [4.78, 5) is 2.65. The highest BCUT2D eigenvalue weighted by Crippen LogP contribution is 2.28. The number of likely N-dealkylation sites (N-methyl/N-ethyl adjacent to an activating group) is 1. The SMILES string of the molecule is CCCCC1CC(NCC2CC2)CN(CC)C1. The van der Waals surface area contributed by atoms with Gasteiger partial charge in [-0.2, -0.15) is 0 Å². The molecule has 2 heteroatoms. The molecule has 1 aliphatic heterocycles. The molecule has 100 valence electrons. The molecule has 1 aliphatic carbocycles. The van der Waals surface area contributed by atoms with Crippen LogP contribution in [0.15, 0.2) is 0 Å². The van der Waals surface area contributed by atoms with Gasteiger partial charge in [-0.25, -0.2) is 0 Å². The predicted octanol–water partition coefficient (Wildman–Crippen LogP) is 2.89. The lowest BCUT2D eigenvalue weighted by Crippen LogP contribution is -2.49. The van der Waals surface area contributed by atoms with Gasteiger partial charge in [0.1, 0.15) is 0 Å². The van der Waals surface area contributed by atoms with Crippen LogP contribution in [0.1, 0.15) is 52.4 Å². The molecule has 17 heavy (non-hydrogen) atoms. The topological polar surface area (TPSA) is 15.3 Å². The van der Waals surface area contributed by atoms with Crippen molar-refractivity contribution in [1.82, 2.24) is 10.2 Å². The standard InChI is InChI=1S/C15H30N2/c1-3-5-6-14-9-15(12-17(4-2)11-14)16-10-13-7-8-13/h13-16H,3-12H2,1-2H3. The third-order valence-corrected chi connectivity index (χ3v) is 4.42. The Balaban J connectivity index is 1.74. The number of piperidine rings is 1. The van der Waals surface area contributed by atoms with Crippen molar-refractivity contribution in [2.75, 3.05) is 26.2 Å². The fraction of sp³-hybridized carbons (Fsp3) is 1.00. The number of rotatable bonds is 7. The first-order chi connectivity index (χ1) is 8.31. The highest BCUT2D eigenvalue weighted by Gasteiger charge is 2.28. The van der Waals surface area contributed by atoms with Gasteiger partial charge in [-0.15, -0.1) is 0 Å². The predicted molar refractivity (Wildman–Crippen MR) is 74.3 cm³/mol. The van der Waals surface area contributed by atoms with Crippen LogP contribution in [-0.4, -0.2) is 37.1 Å². The summed E-state index contributed by atoms with van der Waals surface area (Å²) in [6, 6.07) is 0.770. The molecule has 1 heterocycles. The number of unbranched alkanes of at least 4 members (excludes halogenated alkanes) is 1. The molecule has 1 saturated heterocycles. The number of likely N-dealkylation sites (tertiary alicyclic amines) is 1. The highest BCUT2D eigenvalue weighted by atomic mass is 15.2. The molecule has 0 bridgehead atoms. The first-order valence-corrected chi connectivity index (χ1v) is 7.77. The lowest BCUT2D eigenvalue weighted by Gasteiger charge is -2.38. The Morgan fingerprint density at radius 2 is 1.94 bits per heavy atom. The third kappa shape index (κ3) is 4.59. The lowest BCUT2D eigenvalue weighted by atomic mass is 9.90. The molecule has 2 rings (SSSR count). The van der Waals surface area contributed by atoms with Gasteiger partial charge in [0.2, 0.25) is 0 Å². The molecule has 2 aliphatic rings. The van der Waals surface area contributed by atoms with Gasteiger partial charge in [-0.1, -0.05) is 26.7 Å². The van der Waals surface area contributed by atoms with Gasteiger partial charge in [0, 0.05) is 19.1 Å². The molecule has 2 atom stereocenters. The molecule has 0 aromatic heterocycles. The zero-order valence-electron chi connectivity index (χ0n) is 11.8. The van der Waals surface area contributed by atoms with E-state index in [0.717, 1.165) is 17.9 Å². The average molecular weight is 238 g/mol. The zero-order chi connectivity index (χ0) is 12.1. The molecule has 2 unspecified atom stereocenters. The van der Waals surface area contributed by atoms with Gasteiger partial charge >= 0.3 is 0 Å². The third-order valence-electron chi connectivity index (χ3n) is 4.42. The molecular weight excluding hydrogens is 208 g/mol. The molecule has 1 N–H and O–H groups in total. The zero-order valence-corrected chi connectivity index (χ0v) is 11.8. The van der Waals surface area contributed by atoms with Gasteiger partial charge in [0.05, 0.1) is 0 Å². The molecule has 1 saturated carbocycles. The summed E-state index contributed by atoms with van der Waals surface area (Å²) >= 11 is 0. The van der Waals surface area contributed by atoms with Crippen molar-refractivity contribution in [3.05, 3.63) is 0 Å². The van der Waals surface area contributed by atoms with E-state index in [1.807, 2.05) is 0 Å². The van der Waals surface area contributed by atoms with Crippen molar-refractivity contribution in [1.29, 1.82) is 0 Å². The Bertz CT molecular complexity index is 213. The molecule has 2 nitrogen and oxygen atoms in total. The smallest absolute Gasteiger partial charge is 0.0198 e. The first kappa shape index (κ1) is 13.4. The minimum atomic E-state index is 0.770. The van der Waals surface area contributed by atoms with E-state index in [0.29, 0.717) is 0 Å². The van der Waals surface area contributed by atoms with Gasteiger partial charge in [-0.3, -0.25) is 0 Å². The number of nitrogens with one attached hydrogen (secondary N) is 1. The van der Waals surface area contributed by atoms with Crippen molar-refractivity contribution in [2.45, 2.75) is 58.4 Å². The fourth-order valence-electron chi connectivity index (χ4n) is 3.07. The van der Waals surface area contributed by atoms with Crippen LogP contribution in [0.2, 0.25) is 0 Å². The van der Waals surface area contributed by atoms with Crippen LogP contribution >= 0.6 is 0 Å². The second-order valence-electron chi connectivity index (χ2n) is 6.14. The normalized spacial score (nSPS) is 30.7. The highest BCUT2D eigenvalue weighted by molar-refractivity contribution is 4.85. The van der Waals surface area contributed by atoms with Crippen LogP contribution < -0.4 is 5.32 Å². The van der Waals surface area contributed by atoms with Crippen molar-refractivity contribution < 1.29 is 0 Å². The van der Waals surface area contributed by atoms with Crippen LogP contribution in [0.3, 0.4) is 0 Å². The first-order valence-electron chi connectivity index (χ1n) is 7.77. The summed E-state index contributed by atoms with van der Waals surface area (Å²) in [6.45, 7) is 9.75. The van der Waals surface area contributed by atoms with Crippen LogP contribution in [-0.2, 0) is 0 Å². The Labute approximate surface area is 107 Å². The van der Waals surface area contributed by atoms with E-state index < -0.39 is 0 Å². The van der Waals surface area contributed by atoms with Crippen LogP contribution in [0.25, 0.3) is 0 Å². The summed E-state index contributed by atoms with van der Waals surface area (Å²) in [5.41, 5.74) is 0. The van der Waals surface area contributed by atoms with E-state index >= 15 is 0 Å². The van der Waals surface area contributed by atoms with E-state index in [1.54, 1.807) is 0 Å². The monoisotopic (exact) mass is 238 g/mol. The van der Waals surface area contributed by atoms with Crippen molar-refractivity contribution >= 4 is 0 Å². The van der Waals surface area contributed by atoms with Gasteiger partial charge < -0.3 is 10.2 Å². The van der Waals surface area contributed by atoms with E-state index in [1.165, 1.54) is 64.7 Å². The quantitative estimate of drug-likeness (QED) is 0.733. The molecule has 2 fully saturated rings.